The molecule has 0 fully saturated rings. The van der Waals surface area contributed by atoms with Gasteiger partial charge in [0.15, 0.2) is 0 Å². The highest BCUT2D eigenvalue weighted by atomic mass is 127. The molecular weight excluding hydrogens is 361 g/mol. The minimum Gasteiger partial charge on any atom is -0.496 e. The van der Waals surface area contributed by atoms with Crippen molar-refractivity contribution in [1.82, 2.24) is 0 Å². The average molecular weight is 381 g/mol. The maximum Gasteiger partial charge on any atom is 0.124 e. The van der Waals surface area contributed by atoms with E-state index in [1.165, 1.54) is 14.7 Å². The minimum atomic E-state index is -0.106. The molecule has 0 radical (unpaired) electrons. The number of aryl methyl sites for hydroxylation is 3. The summed E-state index contributed by atoms with van der Waals surface area (Å²) in [6.07, 6.45) is 0. The van der Waals surface area contributed by atoms with Gasteiger partial charge < -0.3 is 10.5 Å². The van der Waals surface area contributed by atoms with Crippen LogP contribution in [0.25, 0.3) is 0 Å². The summed E-state index contributed by atoms with van der Waals surface area (Å²) in [5, 5.41) is 0. The smallest absolute Gasteiger partial charge is 0.124 e. The molecule has 20 heavy (non-hydrogen) atoms. The SMILES string of the molecule is COc1c(C)cc(C(N)c2cccc(C)c2I)cc1C. The molecule has 106 valence electrons. The van der Waals surface area contributed by atoms with Gasteiger partial charge in [0, 0.05) is 3.57 Å². The molecule has 2 rings (SSSR count). The fraction of sp³-hybridized carbons (Fsp3) is 0.294. The molecule has 2 N–H and O–H groups in total. The van der Waals surface area contributed by atoms with Crippen molar-refractivity contribution in [3.05, 3.63) is 61.7 Å². The molecule has 0 saturated carbocycles. The summed E-state index contributed by atoms with van der Waals surface area (Å²) >= 11 is 2.37. The van der Waals surface area contributed by atoms with Crippen LogP contribution in [0, 0.1) is 24.3 Å². The van der Waals surface area contributed by atoms with Gasteiger partial charge in [-0.2, -0.15) is 0 Å². The van der Waals surface area contributed by atoms with E-state index in [1.807, 2.05) is 0 Å². The highest BCUT2D eigenvalue weighted by Gasteiger charge is 2.15. The van der Waals surface area contributed by atoms with Gasteiger partial charge >= 0.3 is 0 Å². The molecule has 0 aromatic heterocycles. The van der Waals surface area contributed by atoms with E-state index in [0.29, 0.717) is 0 Å². The van der Waals surface area contributed by atoms with Gasteiger partial charge in [0.25, 0.3) is 0 Å². The minimum absolute atomic E-state index is 0.106. The van der Waals surface area contributed by atoms with Crippen LogP contribution in [-0.2, 0) is 0 Å². The molecule has 0 bridgehead atoms. The van der Waals surface area contributed by atoms with Crippen molar-refractivity contribution in [1.29, 1.82) is 0 Å². The number of ether oxygens (including phenoxy) is 1. The van der Waals surface area contributed by atoms with E-state index in [1.54, 1.807) is 7.11 Å². The first kappa shape index (κ1) is 15.3. The average Bonchev–Trinajstić information content (AvgIpc) is 2.41. The summed E-state index contributed by atoms with van der Waals surface area (Å²) in [5.41, 5.74) is 12.3. The lowest BCUT2D eigenvalue weighted by Crippen LogP contribution is -2.14. The van der Waals surface area contributed by atoms with Gasteiger partial charge in [-0.1, -0.05) is 30.3 Å². The number of methoxy groups -OCH3 is 1. The van der Waals surface area contributed by atoms with Gasteiger partial charge in [-0.15, -0.1) is 0 Å². The van der Waals surface area contributed by atoms with E-state index in [0.717, 1.165) is 22.4 Å². The Morgan fingerprint density at radius 3 is 2.20 bits per heavy atom. The highest BCUT2D eigenvalue weighted by Crippen LogP contribution is 2.31. The first-order chi connectivity index (χ1) is 9.45. The van der Waals surface area contributed by atoms with Gasteiger partial charge in [-0.05, 0) is 71.2 Å². The zero-order valence-corrected chi connectivity index (χ0v) is 14.5. The van der Waals surface area contributed by atoms with Gasteiger partial charge in [0.1, 0.15) is 5.75 Å². The van der Waals surface area contributed by atoms with Crippen LogP contribution in [0.15, 0.2) is 30.3 Å². The third-order valence-corrected chi connectivity index (χ3v) is 5.08. The molecule has 0 aliphatic rings. The second-order valence-electron chi connectivity index (χ2n) is 5.14. The zero-order valence-electron chi connectivity index (χ0n) is 12.3. The molecule has 2 aromatic carbocycles. The van der Waals surface area contributed by atoms with Gasteiger partial charge in [0.05, 0.1) is 13.2 Å². The fourth-order valence-corrected chi connectivity index (χ4v) is 3.27. The van der Waals surface area contributed by atoms with Gasteiger partial charge in [0.2, 0.25) is 0 Å². The first-order valence-corrected chi connectivity index (χ1v) is 7.69. The predicted molar refractivity (Wildman–Crippen MR) is 92.4 cm³/mol. The van der Waals surface area contributed by atoms with Crippen molar-refractivity contribution in [2.24, 2.45) is 5.73 Å². The number of nitrogens with two attached hydrogens (primary N) is 1. The quantitative estimate of drug-likeness (QED) is 0.806. The van der Waals surface area contributed by atoms with Crippen LogP contribution in [-0.4, -0.2) is 7.11 Å². The number of rotatable bonds is 3. The lowest BCUT2D eigenvalue weighted by Gasteiger charge is -2.18. The Morgan fingerprint density at radius 1 is 1.05 bits per heavy atom. The summed E-state index contributed by atoms with van der Waals surface area (Å²) in [7, 11) is 1.71. The second-order valence-corrected chi connectivity index (χ2v) is 6.22. The van der Waals surface area contributed by atoms with Crippen molar-refractivity contribution in [2.75, 3.05) is 7.11 Å². The molecule has 2 aromatic rings. The molecule has 2 nitrogen and oxygen atoms in total. The summed E-state index contributed by atoms with van der Waals surface area (Å²) in [4.78, 5) is 0. The number of benzene rings is 2. The van der Waals surface area contributed by atoms with E-state index >= 15 is 0 Å². The Hall–Kier alpha value is -1.07. The molecule has 3 heteroatoms. The molecule has 0 spiro atoms. The molecule has 0 amide bonds. The van der Waals surface area contributed by atoms with Crippen molar-refractivity contribution >= 4 is 22.6 Å². The molecule has 0 aliphatic carbocycles. The largest absolute Gasteiger partial charge is 0.496 e. The van der Waals surface area contributed by atoms with Crippen LogP contribution in [0.4, 0.5) is 0 Å². The highest BCUT2D eigenvalue weighted by molar-refractivity contribution is 14.1. The van der Waals surface area contributed by atoms with Crippen LogP contribution >= 0.6 is 22.6 Å². The third-order valence-electron chi connectivity index (χ3n) is 3.60. The van der Waals surface area contributed by atoms with Crippen molar-refractivity contribution in [3.8, 4) is 5.75 Å². The summed E-state index contributed by atoms with van der Waals surface area (Å²) in [6.45, 7) is 6.23. The summed E-state index contributed by atoms with van der Waals surface area (Å²) in [6, 6.07) is 10.4. The number of hydrogen-bond donors (Lipinski definition) is 1. The Bertz CT molecular complexity index is 614. The van der Waals surface area contributed by atoms with E-state index in [-0.39, 0.29) is 6.04 Å². The second kappa shape index (κ2) is 6.14. The topological polar surface area (TPSA) is 35.2 Å². The van der Waals surface area contributed by atoms with Crippen LogP contribution in [0.2, 0.25) is 0 Å². The maximum absolute atomic E-state index is 6.47. The molecule has 1 atom stereocenters. The zero-order chi connectivity index (χ0) is 14.9. The normalized spacial score (nSPS) is 12.3. The Morgan fingerprint density at radius 2 is 1.65 bits per heavy atom. The van der Waals surface area contributed by atoms with E-state index in [2.05, 4.69) is 73.7 Å². The number of halogens is 1. The predicted octanol–water partition coefficient (Wildman–Crippen LogP) is 4.27. The number of hydrogen-bond acceptors (Lipinski definition) is 2. The first-order valence-electron chi connectivity index (χ1n) is 6.61. The van der Waals surface area contributed by atoms with E-state index in [9.17, 15) is 0 Å². The Kier molecular flexibility index (Phi) is 4.70. The third kappa shape index (κ3) is 2.83. The fourth-order valence-electron chi connectivity index (χ4n) is 2.58. The molecule has 0 aliphatic heterocycles. The lowest BCUT2D eigenvalue weighted by atomic mass is 9.95. The molecule has 0 heterocycles. The van der Waals surface area contributed by atoms with Crippen molar-refractivity contribution in [3.63, 3.8) is 0 Å². The Labute approximate surface area is 134 Å². The standard InChI is InChI=1S/C17H20INO/c1-10-6-5-7-14(15(10)18)16(19)13-8-11(2)17(20-4)12(3)9-13/h5-9,16H,19H2,1-4H3. The summed E-state index contributed by atoms with van der Waals surface area (Å²) in [5.74, 6) is 0.944. The van der Waals surface area contributed by atoms with Gasteiger partial charge in [-0.3, -0.25) is 0 Å². The lowest BCUT2D eigenvalue weighted by molar-refractivity contribution is 0.408. The van der Waals surface area contributed by atoms with Crippen LogP contribution in [0.1, 0.15) is 33.9 Å². The van der Waals surface area contributed by atoms with Crippen LogP contribution in [0.5, 0.6) is 5.75 Å². The molecule has 0 saturated heterocycles. The van der Waals surface area contributed by atoms with Crippen molar-refractivity contribution in [2.45, 2.75) is 26.8 Å². The van der Waals surface area contributed by atoms with Crippen LogP contribution in [0.3, 0.4) is 0 Å². The van der Waals surface area contributed by atoms with E-state index < -0.39 is 0 Å². The monoisotopic (exact) mass is 381 g/mol. The Balaban J connectivity index is 2.49. The van der Waals surface area contributed by atoms with E-state index in [4.69, 9.17) is 10.5 Å². The summed E-state index contributed by atoms with van der Waals surface area (Å²) < 4.78 is 6.66. The molecule has 1 unspecified atom stereocenters. The molecular formula is C17H20INO. The van der Waals surface area contributed by atoms with Crippen LogP contribution < -0.4 is 10.5 Å². The van der Waals surface area contributed by atoms with Crippen molar-refractivity contribution < 1.29 is 4.74 Å². The van der Waals surface area contributed by atoms with Gasteiger partial charge in [-0.25, -0.2) is 0 Å². The maximum atomic E-state index is 6.47.